The predicted octanol–water partition coefficient (Wildman–Crippen LogP) is 5.45. The fourth-order valence-corrected chi connectivity index (χ4v) is 3.54. The van der Waals surface area contributed by atoms with Crippen molar-refractivity contribution in [2.45, 2.75) is 10.6 Å². The first kappa shape index (κ1) is 21.1. The third-order valence-electron chi connectivity index (χ3n) is 4.15. The monoisotopic (exact) mass is 427 g/mol. The smallest absolute Gasteiger partial charge is 0.251 e. The Hall–Kier alpha value is -2.63. The van der Waals surface area contributed by atoms with E-state index in [-0.39, 0.29) is 5.91 Å². The molecule has 29 heavy (non-hydrogen) atoms. The molecule has 3 aromatic carbocycles. The van der Waals surface area contributed by atoms with E-state index in [0.717, 1.165) is 32.7 Å². The van der Waals surface area contributed by atoms with E-state index in [9.17, 15) is 4.79 Å². The van der Waals surface area contributed by atoms with Crippen LogP contribution in [0.1, 0.15) is 15.9 Å². The summed E-state index contributed by atoms with van der Waals surface area (Å²) in [6, 6.07) is 22.8. The second kappa shape index (κ2) is 10.8. The quantitative estimate of drug-likeness (QED) is 0.364. The molecule has 1 amide bonds. The number of rotatable bonds is 9. The topological polar surface area (TPSA) is 47.6 Å². The number of benzene rings is 3. The molecule has 0 aliphatic rings. The van der Waals surface area contributed by atoms with Crippen molar-refractivity contribution in [2.75, 3.05) is 20.3 Å². The van der Waals surface area contributed by atoms with Crippen LogP contribution in [0.25, 0.3) is 0 Å². The first-order chi connectivity index (χ1) is 14.1. The maximum atomic E-state index is 12.3. The van der Waals surface area contributed by atoms with Crippen LogP contribution in [0.3, 0.4) is 0 Å². The van der Waals surface area contributed by atoms with E-state index >= 15 is 0 Å². The lowest BCUT2D eigenvalue weighted by Gasteiger charge is -2.09. The van der Waals surface area contributed by atoms with E-state index in [4.69, 9.17) is 21.1 Å². The number of hydrogen-bond acceptors (Lipinski definition) is 4. The number of ether oxygens (including phenoxy) is 2. The first-order valence-corrected chi connectivity index (χ1v) is 10.5. The van der Waals surface area contributed by atoms with Gasteiger partial charge in [0.05, 0.1) is 13.7 Å². The SMILES string of the molecule is COc1ccc(OCCNC(=O)c2ccc(CSc3ccc(Cl)cc3)cc2)cc1. The van der Waals surface area contributed by atoms with Gasteiger partial charge < -0.3 is 14.8 Å². The van der Waals surface area contributed by atoms with Crippen molar-refractivity contribution >= 4 is 29.3 Å². The molecule has 0 saturated heterocycles. The van der Waals surface area contributed by atoms with Crippen molar-refractivity contribution in [3.8, 4) is 11.5 Å². The summed E-state index contributed by atoms with van der Waals surface area (Å²) < 4.78 is 10.7. The van der Waals surface area contributed by atoms with E-state index in [1.807, 2.05) is 72.8 Å². The third-order valence-corrected chi connectivity index (χ3v) is 5.49. The number of thioether (sulfide) groups is 1. The molecule has 0 aliphatic heterocycles. The van der Waals surface area contributed by atoms with Gasteiger partial charge in [-0.2, -0.15) is 0 Å². The molecule has 0 heterocycles. The Balaban J connectivity index is 1.40. The Morgan fingerprint density at radius 3 is 2.24 bits per heavy atom. The fourth-order valence-electron chi connectivity index (χ4n) is 2.56. The molecule has 0 saturated carbocycles. The molecule has 0 unspecified atom stereocenters. The number of hydrogen-bond donors (Lipinski definition) is 1. The molecule has 0 aliphatic carbocycles. The first-order valence-electron chi connectivity index (χ1n) is 9.16. The molecule has 0 bridgehead atoms. The number of nitrogens with one attached hydrogen (secondary N) is 1. The van der Waals surface area contributed by atoms with Crippen LogP contribution in [0.2, 0.25) is 5.02 Å². The van der Waals surface area contributed by atoms with Gasteiger partial charge in [-0.25, -0.2) is 0 Å². The molecule has 0 radical (unpaired) electrons. The molecule has 0 aromatic heterocycles. The second-order valence-corrected chi connectivity index (χ2v) is 7.70. The van der Waals surface area contributed by atoms with Gasteiger partial charge in [0.25, 0.3) is 5.91 Å². The average Bonchev–Trinajstić information content (AvgIpc) is 2.77. The van der Waals surface area contributed by atoms with E-state index < -0.39 is 0 Å². The van der Waals surface area contributed by atoms with Crippen LogP contribution in [0.5, 0.6) is 11.5 Å². The highest BCUT2D eigenvalue weighted by atomic mass is 35.5. The van der Waals surface area contributed by atoms with E-state index in [1.165, 1.54) is 0 Å². The van der Waals surface area contributed by atoms with Crippen LogP contribution in [-0.4, -0.2) is 26.2 Å². The zero-order chi connectivity index (χ0) is 20.5. The summed E-state index contributed by atoms with van der Waals surface area (Å²) in [6.45, 7) is 0.826. The summed E-state index contributed by atoms with van der Waals surface area (Å²) in [7, 11) is 1.62. The van der Waals surface area contributed by atoms with Crippen LogP contribution >= 0.6 is 23.4 Å². The lowest BCUT2D eigenvalue weighted by Crippen LogP contribution is -2.28. The Morgan fingerprint density at radius 1 is 0.931 bits per heavy atom. The molecule has 0 fully saturated rings. The van der Waals surface area contributed by atoms with E-state index in [2.05, 4.69) is 5.32 Å². The maximum Gasteiger partial charge on any atom is 0.251 e. The van der Waals surface area contributed by atoms with Crippen LogP contribution < -0.4 is 14.8 Å². The molecule has 150 valence electrons. The van der Waals surface area contributed by atoms with Crippen molar-refractivity contribution < 1.29 is 14.3 Å². The molecule has 0 atom stereocenters. The summed E-state index contributed by atoms with van der Waals surface area (Å²) in [5.41, 5.74) is 1.79. The standard InChI is InChI=1S/C23H22ClNO3S/c1-27-20-8-10-21(11-9-20)28-15-14-25-23(26)18-4-2-17(3-5-18)16-29-22-12-6-19(24)7-13-22/h2-13H,14-16H2,1H3,(H,25,26). The number of carbonyl (C=O) groups excluding carboxylic acids is 1. The minimum atomic E-state index is -0.111. The van der Waals surface area contributed by atoms with Gasteiger partial charge in [0, 0.05) is 21.2 Å². The van der Waals surface area contributed by atoms with Crippen molar-refractivity contribution in [3.63, 3.8) is 0 Å². The van der Waals surface area contributed by atoms with Gasteiger partial charge in [-0.15, -0.1) is 11.8 Å². The number of methoxy groups -OCH3 is 1. The number of carbonyl (C=O) groups is 1. The Kier molecular flexibility index (Phi) is 7.85. The largest absolute Gasteiger partial charge is 0.497 e. The van der Waals surface area contributed by atoms with Gasteiger partial charge in [-0.3, -0.25) is 4.79 Å². The van der Waals surface area contributed by atoms with E-state index in [1.54, 1.807) is 18.9 Å². The summed E-state index contributed by atoms with van der Waals surface area (Å²) in [4.78, 5) is 13.4. The Morgan fingerprint density at radius 2 is 1.59 bits per heavy atom. The van der Waals surface area contributed by atoms with Gasteiger partial charge in [0.1, 0.15) is 18.1 Å². The minimum absolute atomic E-state index is 0.111. The van der Waals surface area contributed by atoms with Crippen molar-refractivity contribution in [2.24, 2.45) is 0 Å². The second-order valence-electron chi connectivity index (χ2n) is 6.22. The van der Waals surface area contributed by atoms with Crippen LogP contribution in [0.4, 0.5) is 0 Å². The summed E-state index contributed by atoms with van der Waals surface area (Å²) in [6.07, 6.45) is 0. The molecule has 1 N–H and O–H groups in total. The molecule has 4 nitrogen and oxygen atoms in total. The van der Waals surface area contributed by atoms with Gasteiger partial charge in [0.2, 0.25) is 0 Å². The van der Waals surface area contributed by atoms with Gasteiger partial charge in [-0.1, -0.05) is 23.7 Å². The molecule has 3 aromatic rings. The van der Waals surface area contributed by atoms with E-state index in [0.29, 0.717) is 18.7 Å². The van der Waals surface area contributed by atoms with Crippen molar-refractivity contribution in [1.29, 1.82) is 0 Å². The molecule has 6 heteroatoms. The molecular weight excluding hydrogens is 406 g/mol. The molecule has 3 rings (SSSR count). The van der Waals surface area contributed by atoms with Crippen LogP contribution in [0.15, 0.2) is 77.7 Å². The van der Waals surface area contributed by atoms with Gasteiger partial charge in [0.15, 0.2) is 0 Å². The summed E-state index contributed by atoms with van der Waals surface area (Å²) in [5.74, 6) is 2.24. The highest BCUT2D eigenvalue weighted by Gasteiger charge is 2.05. The lowest BCUT2D eigenvalue weighted by molar-refractivity contribution is 0.0947. The Bertz CT molecular complexity index is 912. The van der Waals surface area contributed by atoms with Gasteiger partial charge in [-0.05, 0) is 66.2 Å². The van der Waals surface area contributed by atoms with Crippen LogP contribution in [0, 0.1) is 0 Å². The van der Waals surface area contributed by atoms with Gasteiger partial charge >= 0.3 is 0 Å². The third kappa shape index (κ3) is 6.73. The lowest BCUT2D eigenvalue weighted by atomic mass is 10.1. The van der Waals surface area contributed by atoms with Crippen molar-refractivity contribution in [3.05, 3.63) is 88.9 Å². The highest BCUT2D eigenvalue weighted by molar-refractivity contribution is 7.98. The van der Waals surface area contributed by atoms with Crippen LogP contribution in [-0.2, 0) is 5.75 Å². The zero-order valence-electron chi connectivity index (χ0n) is 16.1. The summed E-state index contributed by atoms with van der Waals surface area (Å²) >= 11 is 7.63. The molecule has 0 spiro atoms. The fraction of sp³-hybridized carbons (Fsp3) is 0.174. The Labute approximate surface area is 180 Å². The highest BCUT2D eigenvalue weighted by Crippen LogP contribution is 2.24. The minimum Gasteiger partial charge on any atom is -0.497 e. The average molecular weight is 428 g/mol. The number of amides is 1. The van der Waals surface area contributed by atoms with Crippen molar-refractivity contribution in [1.82, 2.24) is 5.32 Å². The predicted molar refractivity (Wildman–Crippen MR) is 118 cm³/mol. The maximum absolute atomic E-state index is 12.3. The zero-order valence-corrected chi connectivity index (χ0v) is 17.6. The number of halogens is 1. The normalized spacial score (nSPS) is 10.4. The molecular formula is C23H22ClNO3S. The summed E-state index contributed by atoms with van der Waals surface area (Å²) in [5, 5.41) is 3.60.